The van der Waals surface area contributed by atoms with Gasteiger partial charge in [-0.3, -0.25) is 4.90 Å². The number of hydrogen-bond donors (Lipinski definition) is 2. The zero-order valence-corrected chi connectivity index (χ0v) is 15.4. The van der Waals surface area contributed by atoms with Gasteiger partial charge in [0.1, 0.15) is 11.9 Å². The number of ether oxygens (including phenoxy) is 1. The van der Waals surface area contributed by atoms with Crippen molar-refractivity contribution in [2.24, 2.45) is 5.92 Å². The molecule has 0 radical (unpaired) electrons. The van der Waals surface area contributed by atoms with Crippen LogP contribution in [0.5, 0.6) is 5.75 Å². The minimum atomic E-state index is -0.791. The summed E-state index contributed by atoms with van der Waals surface area (Å²) in [6, 6.07) is 6.23. The molecule has 136 valence electrons. The Morgan fingerprint density at radius 2 is 1.96 bits per heavy atom. The Kier molecular flexibility index (Phi) is 3.87. The Morgan fingerprint density at radius 1 is 1.20 bits per heavy atom. The summed E-state index contributed by atoms with van der Waals surface area (Å²) >= 11 is 0. The molecule has 0 amide bonds. The van der Waals surface area contributed by atoms with Crippen molar-refractivity contribution in [3.05, 3.63) is 35.9 Å². The molecule has 1 saturated carbocycles. The van der Waals surface area contributed by atoms with E-state index in [0.29, 0.717) is 0 Å². The third-order valence-electron chi connectivity index (χ3n) is 6.80. The molecule has 1 aliphatic carbocycles. The van der Waals surface area contributed by atoms with E-state index >= 15 is 0 Å². The minimum absolute atomic E-state index is 0.0635. The van der Waals surface area contributed by atoms with Gasteiger partial charge in [-0.25, -0.2) is 0 Å². The molecule has 4 rings (SSSR count). The summed E-state index contributed by atoms with van der Waals surface area (Å²) in [4.78, 5) is 4.49. The second-order valence-electron chi connectivity index (χ2n) is 7.70. The highest BCUT2D eigenvalue weighted by Gasteiger charge is 2.64. The maximum Gasteiger partial charge on any atom is 0.120 e. The van der Waals surface area contributed by atoms with E-state index in [1.54, 1.807) is 7.11 Å². The van der Waals surface area contributed by atoms with Crippen molar-refractivity contribution in [3.8, 4) is 5.75 Å². The van der Waals surface area contributed by atoms with Gasteiger partial charge in [0.15, 0.2) is 0 Å². The summed E-state index contributed by atoms with van der Waals surface area (Å²) in [5.41, 5.74) is 2.13. The van der Waals surface area contributed by atoms with Crippen molar-refractivity contribution < 1.29 is 14.9 Å². The maximum absolute atomic E-state index is 11.1. The van der Waals surface area contributed by atoms with Crippen LogP contribution in [0.15, 0.2) is 30.4 Å². The third kappa shape index (κ3) is 2.00. The van der Waals surface area contributed by atoms with Gasteiger partial charge in [-0.1, -0.05) is 25.1 Å². The van der Waals surface area contributed by atoms with Crippen LogP contribution in [0.4, 0.5) is 5.69 Å². The number of aliphatic hydroxyl groups excluding tert-OH is 2. The lowest BCUT2D eigenvalue weighted by atomic mass is 9.56. The molecule has 1 aromatic rings. The minimum Gasteiger partial charge on any atom is -0.497 e. The summed E-state index contributed by atoms with van der Waals surface area (Å²) in [7, 11) is 5.82. The Hall–Kier alpha value is -1.56. The molecule has 2 aliphatic heterocycles. The monoisotopic (exact) mass is 344 g/mol. The second-order valence-corrected chi connectivity index (χ2v) is 7.70. The van der Waals surface area contributed by atoms with Crippen LogP contribution < -0.4 is 9.64 Å². The molecule has 0 spiro atoms. The van der Waals surface area contributed by atoms with Gasteiger partial charge in [0.2, 0.25) is 0 Å². The summed E-state index contributed by atoms with van der Waals surface area (Å²) in [6.45, 7) is 3.07. The van der Waals surface area contributed by atoms with Crippen LogP contribution in [0.2, 0.25) is 0 Å². The molecule has 2 N–H and O–H groups in total. The first-order chi connectivity index (χ1) is 12.0. The van der Waals surface area contributed by atoms with Gasteiger partial charge in [0.25, 0.3) is 0 Å². The van der Waals surface area contributed by atoms with Crippen LogP contribution in [0.25, 0.3) is 0 Å². The number of aliphatic hydroxyl groups is 2. The summed E-state index contributed by atoms with van der Waals surface area (Å²) in [6.07, 6.45) is 3.57. The number of anilines is 1. The van der Waals surface area contributed by atoms with E-state index in [1.807, 2.05) is 13.1 Å². The van der Waals surface area contributed by atoms with E-state index in [2.05, 4.69) is 48.1 Å². The fourth-order valence-electron chi connectivity index (χ4n) is 5.80. The van der Waals surface area contributed by atoms with Crippen LogP contribution >= 0.6 is 0 Å². The molecule has 2 heterocycles. The standard InChI is InChI=1S/C20H28N2O3/c1-5-20-14-9-8-12(25-4)11-15(14)22(3)19(20)17(24)16(23)13-7-6-10-21(2)18(13)20/h6-9,11,13,16-19,23-24H,5,10H2,1-4H3/t13?,16?,17?,18?,19?,20-/m1/s1. The van der Waals surface area contributed by atoms with Crippen molar-refractivity contribution in [2.45, 2.75) is 43.1 Å². The molecule has 5 unspecified atom stereocenters. The van der Waals surface area contributed by atoms with E-state index in [-0.39, 0.29) is 23.4 Å². The highest BCUT2D eigenvalue weighted by Crippen LogP contribution is 2.57. The predicted octanol–water partition coefficient (Wildman–Crippen LogP) is 1.38. The number of hydrogen-bond acceptors (Lipinski definition) is 5. The number of benzene rings is 1. The summed E-state index contributed by atoms with van der Waals surface area (Å²) in [5.74, 6) is 0.755. The summed E-state index contributed by atoms with van der Waals surface area (Å²) < 4.78 is 5.42. The predicted molar refractivity (Wildman–Crippen MR) is 98.2 cm³/mol. The molecular weight excluding hydrogens is 316 g/mol. The van der Waals surface area contributed by atoms with Crippen molar-refractivity contribution in [1.82, 2.24) is 4.90 Å². The average Bonchev–Trinajstić information content (AvgIpc) is 2.88. The molecule has 3 aliphatic rings. The van der Waals surface area contributed by atoms with Gasteiger partial charge in [-0.2, -0.15) is 0 Å². The third-order valence-corrected chi connectivity index (χ3v) is 6.80. The molecule has 1 aromatic carbocycles. The molecule has 0 saturated heterocycles. The number of likely N-dealkylation sites (N-methyl/N-ethyl adjacent to an activating group) is 2. The normalized spacial score (nSPS) is 39.8. The highest BCUT2D eigenvalue weighted by molar-refractivity contribution is 5.68. The number of rotatable bonds is 2. The van der Waals surface area contributed by atoms with Crippen molar-refractivity contribution >= 4 is 5.69 Å². The van der Waals surface area contributed by atoms with Crippen LogP contribution in [-0.4, -0.2) is 67.2 Å². The second kappa shape index (κ2) is 5.73. The first-order valence-electron chi connectivity index (χ1n) is 9.11. The van der Waals surface area contributed by atoms with Crippen LogP contribution in [-0.2, 0) is 5.41 Å². The number of methoxy groups -OCH3 is 1. The smallest absolute Gasteiger partial charge is 0.120 e. The SMILES string of the molecule is CC[C@]12c3ccc(OC)cc3N(C)C1C(O)C(O)C1C=CCN(C)C12. The van der Waals surface area contributed by atoms with Gasteiger partial charge in [-0.05, 0) is 25.1 Å². The number of fused-ring (bicyclic) bond motifs is 5. The maximum atomic E-state index is 11.1. The Bertz CT molecular complexity index is 706. The molecule has 5 nitrogen and oxygen atoms in total. The van der Waals surface area contributed by atoms with E-state index in [0.717, 1.165) is 24.4 Å². The zero-order valence-electron chi connectivity index (χ0n) is 15.4. The molecular formula is C20H28N2O3. The highest BCUT2D eigenvalue weighted by atomic mass is 16.5. The molecule has 25 heavy (non-hydrogen) atoms. The van der Waals surface area contributed by atoms with E-state index in [4.69, 9.17) is 4.74 Å². The van der Waals surface area contributed by atoms with Gasteiger partial charge in [0.05, 0.1) is 19.3 Å². The Balaban J connectivity index is 1.96. The zero-order chi connectivity index (χ0) is 17.9. The van der Waals surface area contributed by atoms with Crippen molar-refractivity contribution in [3.63, 3.8) is 0 Å². The van der Waals surface area contributed by atoms with Crippen molar-refractivity contribution in [2.75, 3.05) is 32.6 Å². The van der Waals surface area contributed by atoms with E-state index in [9.17, 15) is 10.2 Å². The number of nitrogens with zero attached hydrogens (tertiary/aromatic N) is 2. The molecule has 1 fully saturated rings. The Morgan fingerprint density at radius 3 is 2.64 bits per heavy atom. The van der Waals surface area contributed by atoms with Crippen LogP contribution in [0, 0.1) is 5.92 Å². The van der Waals surface area contributed by atoms with E-state index in [1.165, 1.54) is 5.56 Å². The first kappa shape index (κ1) is 16.9. The quantitative estimate of drug-likeness (QED) is 0.794. The van der Waals surface area contributed by atoms with Gasteiger partial charge in [0, 0.05) is 42.7 Å². The Labute approximate surface area is 149 Å². The van der Waals surface area contributed by atoms with Crippen molar-refractivity contribution in [1.29, 1.82) is 0 Å². The van der Waals surface area contributed by atoms with E-state index < -0.39 is 12.2 Å². The largest absolute Gasteiger partial charge is 0.497 e. The summed E-state index contributed by atoms with van der Waals surface area (Å²) in [5, 5.41) is 21.9. The van der Waals surface area contributed by atoms with Gasteiger partial charge in [-0.15, -0.1) is 0 Å². The molecule has 5 heteroatoms. The van der Waals surface area contributed by atoms with Gasteiger partial charge < -0.3 is 19.8 Å². The molecule has 0 aromatic heterocycles. The lowest BCUT2D eigenvalue weighted by molar-refractivity contribution is -0.108. The molecule has 6 atom stereocenters. The van der Waals surface area contributed by atoms with Gasteiger partial charge >= 0.3 is 0 Å². The lowest BCUT2D eigenvalue weighted by Crippen LogP contribution is -2.71. The van der Waals surface area contributed by atoms with Crippen LogP contribution in [0.3, 0.4) is 0 Å². The first-order valence-corrected chi connectivity index (χ1v) is 9.11. The average molecular weight is 344 g/mol. The lowest BCUT2D eigenvalue weighted by Gasteiger charge is -2.57. The fourth-order valence-corrected chi connectivity index (χ4v) is 5.80. The fraction of sp³-hybridized carbons (Fsp3) is 0.600. The molecule has 0 bridgehead atoms. The van der Waals surface area contributed by atoms with Crippen LogP contribution in [0.1, 0.15) is 18.9 Å². The topological polar surface area (TPSA) is 56.2 Å².